The fourth-order valence-corrected chi connectivity index (χ4v) is 4.17. The highest BCUT2D eigenvalue weighted by Gasteiger charge is 2.39. The van der Waals surface area contributed by atoms with Gasteiger partial charge in [0, 0.05) is 25.1 Å². The number of halogens is 2. The average molecular weight is 528 g/mol. The van der Waals surface area contributed by atoms with Crippen molar-refractivity contribution in [2.45, 2.75) is 29.6 Å². The third kappa shape index (κ3) is 6.53. The summed E-state index contributed by atoms with van der Waals surface area (Å²) in [6, 6.07) is 14.0. The van der Waals surface area contributed by atoms with E-state index in [2.05, 4.69) is 10.4 Å². The van der Waals surface area contributed by atoms with Crippen molar-refractivity contribution in [3.63, 3.8) is 0 Å². The second-order valence-corrected chi connectivity index (χ2v) is 10.5. The topological polar surface area (TPSA) is 89.2 Å². The number of anilines is 1. The monoisotopic (exact) mass is 528 g/mol. The molecule has 0 unspecified atom stereocenters. The Morgan fingerprint density at radius 2 is 1.85 bits per heavy atom. The Labute approximate surface area is 230 Å². The van der Waals surface area contributed by atoms with E-state index in [0.717, 1.165) is 24.6 Å². The number of hydrogen-bond acceptors (Lipinski definition) is 6. The fraction of sp³-hybridized carbons (Fsp3) is 0.269. The maximum absolute atomic E-state index is 15.5. The molecule has 4 rings (SSSR count). The molecule has 3 aromatic rings. The minimum Gasteiger partial charge on any atom is -0.498 e. The maximum atomic E-state index is 15.5. The summed E-state index contributed by atoms with van der Waals surface area (Å²) in [5, 5.41) is 13.8. The number of alkyl halides is 1. The molecule has 0 bridgehead atoms. The van der Waals surface area contributed by atoms with Crippen molar-refractivity contribution < 1.29 is 18.3 Å². The molecule has 2 heterocycles. The SMILES string of the molecule is BC(B)(F)C(B)(B)Oc1cn(-c2ccc(C3CCOCC3)cc2F)nc(/C(=C/C=N)Nc2ccccc2)c1=O. The lowest BCUT2D eigenvalue weighted by Crippen LogP contribution is -2.58. The summed E-state index contributed by atoms with van der Waals surface area (Å²) in [6.07, 6.45) is 5.29. The summed E-state index contributed by atoms with van der Waals surface area (Å²) in [6.45, 7) is 1.27. The minimum absolute atomic E-state index is 0.100. The number of para-hydroxylation sites is 1. The zero-order valence-electron chi connectivity index (χ0n) is 22.6. The molecule has 2 aromatic carbocycles. The predicted octanol–water partition coefficient (Wildman–Crippen LogP) is 0.556. The summed E-state index contributed by atoms with van der Waals surface area (Å²) >= 11 is 0. The van der Waals surface area contributed by atoms with E-state index in [1.807, 2.05) is 24.3 Å². The highest BCUT2D eigenvalue weighted by Crippen LogP contribution is 2.29. The Hall–Kier alpha value is -3.59. The molecule has 2 N–H and O–H groups in total. The van der Waals surface area contributed by atoms with Crippen LogP contribution in [0.5, 0.6) is 5.75 Å². The quantitative estimate of drug-likeness (QED) is 0.314. The molecule has 0 radical (unpaired) electrons. The lowest BCUT2D eigenvalue weighted by atomic mass is 9.43. The van der Waals surface area contributed by atoms with Gasteiger partial charge in [0.1, 0.15) is 42.9 Å². The summed E-state index contributed by atoms with van der Waals surface area (Å²) in [5.41, 5.74) is -0.713. The Morgan fingerprint density at radius 1 is 1.15 bits per heavy atom. The van der Waals surface area contributed by atoms with Crippen LogP contribution in [0.2, 0.25) is 0 Å². The van der Waals surface area contributed by atoms with Crippen molar-refractivity contribution in [3.8, 4) is 11.4 Å². The van der Waals surface area contributed by atoms with Crippen molar-refractivity contribution in [1.29, 1.82) is 5.41 Å². The molecule has 39 heavy (non-hydrogen) atoms. The molecule has 1 aliphatic rings. The van der Waals surface area contributed by atoms with Crippen LogP contribution in [0.3, 0.4) is 0 Å². The lowest BCUT2D eigenvalue weighted by Gasteiger charge is -2.36. The molecule has 198 valence electrons. The third-order valence-electron chi connectivity index (χ3n) is 7.15. The molecule has 1 fully saturated rings. The number of nitrogens with zero attached hydrogens (tertiary/aromatic N) is 2. The van der Waals surface area contributed by atoms with Crippen molar-refractivity contribution in [2.24, 2.45) is 0 Å². The first-order valence-electron chi connectivity index (χ1n) is 12.9. The van der Waals surface area contributed by atoms with Crippen LogP contribution in [0.15, 0.2) is 65.6 Å². The maximum Gasteiger partial charge on any atom is 0.251 e. The first-order valence-corrected chi connectivity index (χ1v) is 12.9. The van der Waals surface area contributed by atoms with Crippen LogP contribution in [0.4, 0.5) is 14.5 Å². The Kier molecular flexibility index (Phi) is 8.49. The molecule has 0 saturated carbocycles. The Morgan fingerprint density at radius 3 is 2.46 bits per heavy atom. The smallest absolute Gasteiger partial charge is 0.251 e. The molecule has 13 heteroatoms. The molecular weight excluding hydrogens is 498 g/mol. The van der Waals surface area contributed by atoms with E-state index in [9.17, 15) is 9.18 Å². The van der Waals surface area contributed by atoms with E-state index in [-0.39, 0.29) is 28.7 Å². The van der Waals surface area contributed by atoms with Gasteiger partial charge >= 0.3 is 0 Å². The van der Waals surface area contributed by atoms with Gasteiger partial charge in [0.25, 0.3) is 5.43 Å². The van der Waals surface area contributed by atoms with Crippen molar-refractivity contribution in [2.75, 3.05) is 18.5 Å². The second-order valence-electron chi connectivity index (χ2n) is 10.5. The summed E-state index contributed by atoms with van der Waals surface area (Å²) < 4.78 is 43.1. The first-order chi connectivity index (χ1) is 18.5. The van der Waals surface area contributed by atoms with Gasteiger partial charge in [-0.1, -0.05) is 24.3 Å². The second kappa shape index (κ2) is 11.7. The largest absolute Gasteiger partial charge is 0.498 e. The zero-order valence-corrected chi connectivity index (χ0v) is 22.6. The van der Waals surface area contributed by atoms with Crippen molar-refractivity contribution in [1.82, 2.24) is 9.78 Å². The van der Waals surface area contributed by atoms with Gasteiger partial charge in [-0.15, -0.1) is 0 Å². The summed E-state index contributed by atoms with van der Waals surface area (Å²) in [7, 11) is 5.80. The molecule has 1 aromatic heterocycles. The van der Waals surface area contributed by atoms with Gasteiger partial charge in [0.2, 0.25) is 0 Å². The van der Waals surface area contributed by atoms with Crippen LogP contribution in [0, 0.1) is 11.2 Å². The van der Waals surface area contributed by atoms with Crippen LogP contribution < -0.4 is 15.5 Å². The van der Waals surface area contributed by atoms with Crippen LogP contribution >= 0.6 is 0 Å². The Balaban J connectivity index is 1.84. The van der Waals surface area contributed by atoms with E-state index < -0.39 is 22.1 Å². The van der Waals surface area contributed by atoms with E-state index in [1.165, 1.54) is 54.4 Å². The van der Waals surface area contributed by atoms with Gasteiger partial charge in [-0.2, -0.15) is 5.10 Å². The molecule has 0 amide bonds. The molecular formula is C26H30B4F2N4O3. The minimum atomic E-state index is -1.81. The van der Waals surface area contributed by atoms with Crippen LogP contribution in [0.25, 0.3) is 11.4 Å². The molecule has 7 nitrogen and oxygen atoms in total. The number of rotatable bonds is 9. The van der Waals surface area contributed by atoms with Crippen molar-refractivity contribution in [3.05, 3.63) is 88.1 Å². The van der Waals surface area contributed by atoms with Gasteiger partial charge < -0.3 is 20.2 Å². The van der Waals surface area contributed by atoms with Crippen LogP contribution in [-0.2, 0) is 4.74 Å². The molecule has 0 atom stereocenters. The summed E-state index contributed by atoms with van der Waals surface area (Å²) in [4.78, 5) is 13.6. The Bertz CT molecular complexity index is 1420. The van der Waals surface area contributed by atoms with Gasteiger partial charge in [-0.3, -0.25) is 9.18 Å². The van der Waals surface area contributed by atoms with Gasteiger partial charge in [-0.05, 0) is 54.7 Å². The fourth-order valence-electron chi connectivity index (χ4n) is 4.17. The number of benzene rings is 2. The number of ether oxygens (including phenoxy) is 2. The first kappa shape index (κ1) is 28.4. The van der Waals surface area contributed by atoms with E-state index in [0.29, 0.717) is 18.9 Å². The highest BCUT2D eigenvalue weighted by atomic mass is 19.1. The number of hydrogen-bond donors (Lipinski definition) is 2. The van der Waals surface area contributed by atoms with Crippen LogP contribution in [0.1, 0.15) is 30.0 Å². The predicted molar refractivity (Wildman–Crippen MR) is 161 cm³/mol. The van der Waals surface area contributed by atoms with Crippen LogP contribution in [-0.4, -0.2) is 71.5 Å². The number of nitrogens with one attached hydrogen (secondary N) is 2. The van der Waals surface area contributed by atoms with Crippen molar-refractivity contribution >= 4 is 49.0 Å². The van der Waals surface area contributed by atoms with E-state index in [1.54, 1.807) is 18.2 Å². The molecule has 0 aliphatic carbocycles. The van der Waals surface area contributed by atoms with E-state index in [4.69, 9.17) is 14.9 Å². The van der Waals surface area contributed by atoms with Gasteiger partial charge in [0.05, 0.1) is 22.8 Å². The zero-order chi connectivity index (χ0) is 28.2. The lowest BCUT2D eigenvalue weighted by molar-refractivity contribution is 0.0853. The number of aromatic nitrogens is 2. The third-order valence-corrected chi connectivity index (χ3v) is 7.15. The molecule has 1 saturated heterocycles. The number of allylic oxidation sites excluding steroid dienone is 1. The van der Waals surface area contributed by atoms with Gasteiger partial charge in [-0.25, -0.2) is 9.07 Å². The standard InChI is InChI=1S/C26H30B4F2N4O3/c27-25(28,32)26(29,30)39-22-15-36(21-7-6-17(14-19(21)31)16-9-12-38-13-10-16)35-23(24(22)37)20(8-11-33)34-18-4-2-1-3-5-18/h1-8,11,14-16,33-34H,9-10,12-13,27-30H2/b20-8-,33-11?. The molecule has 0 spiro atoms. The molecule has 1 aliphatic heterocycles. The highest BCUT2D eigenvalue weighted by molar-refractivity contribution is 6.53. The summed E-state index contributed by atoms with van der Waals surface area (Å²) in [5.74, 6) is -0.524. The normalized spacial score (nSPS) is 15.1. The van der Waals surface area contributed by atoms with Gasteiger partial charge in [0.15, 0.2) is 11.4 Å². The average Bonchev–Trinajstić information content (AvgIpc) is 2.90. The van der Waals surface area contributed by atoms with E-state index >= 15 is 4.39 Å².